The number of nitrogens with zero attached hydrogens (tertiary/aromatic N) is 5. The van der Waals surface area contributed by atoms with Crippen LogP contribution >= 0.6 is 34.7 Å². The van der Waals surface area contributed by atoms with Crippen molar-refractivity contribution in [2.24, 2.45) is 0 Å². The molecule has 0 aliphatic carbocycles. The van der Waals surface area contributed by atoms with Crippen LogP contribution in [0.1, 0.15) is 5.56 Å². The van der Waals surface area contributed by atoms with Gasteiger partial charge in [-0.05, 0) is 17.7 Å². The number of thioether (sulfide) groups is 1. The molecule has 29 heavy (non-hydrogen) atoms. The van der Waals surface area contributed by atoms with E-state index in [-0.39, 0.29) is 5.91 Å². The molecule has 0 spiro atoms. The zero-order valence-electron chi connectivity index (χ0n) is 16.1. The van der Waals surface area contributed by atoms with Crippen molar-refractivity contribution >= 4 is 45.7 Å². The molecule has 4 rings (SSSR count). The zero-order valence-corrected chi connectivity index (χ0v) is 18.5. The number of halogens is 1. The highest BCUT2D eigenvalue weighted by molar-refractivity contribution is 8.01. The summed E-state index contributed by atoms with van der Waals surface area (Å²) in [6.45, 7) is 7.28. The minimum Gasteiger partial charge on any atom is -0.378 e. The van der Waals surface area contributed by atoms with E-state index in [4.69, 9.17) is 16.3 Å². The molecule has 2 saturated heterocycles. The Morgan fingerprint density at radius 3 is 2.69 bits per heavy atom. The molecule has 2 aliphatic rings. The topological polar surface area (TPSA) is 61.8 Å². The highest BCUT2D eigenvalue weighted by atomic mass is 35.5. The number of aromatic nitrogens is 2. The lowest BCUT2D eigenvalue weighted by molar-refractivity contribution is -0.130. The number of amides is 1. The Morgan fingerprint density at radius 1 is 1.14 bits per heavy atom. The van der Waals surface area contributed by atoms with Crippen LogP contribution in [-0.4, -0.2) is 84.1 Å². The molecule has 7 nitrogen and oxygen atoms in total. The largest absolute Gasteiger partial charge is 0.378 e. The van der Waals surface area contributed by atoms with Crippen LogP contribution < -0.4 is 4.90 Å². The fourth-order valence-electron chi connectivity index (χ4n) is 3.41. The molecule has 0 radical (unpaired) electrons. The summed E-state index contributed by atoms with van der Waals surface area (Å²) < 4.78 is 6.22. The van der Waals surface area contributed by atoms with Crippen LogP contribution in [0.5, 0.6) is 0 Å². The highest BCUT2D eigenvalue weighted by Crippen LogP contribution is 2.28. The summed E-state index contributed by atoms with van der Waals surface area (Å²) in [7, 11) is 0. The van der Waals surface area contributed by atoms with E-state index >= 15 is 0 Å². The van der Waals surface area contributed by atoms with Gasteiger partial charge in [0.05, 0.1) is 19.0 Å². The SMILES string of the molecule is O=C(CSc1nnc(N2CCOCC2)s1)N1CCN(Cc2cccc(Cl)c2)CC1. The smallest absolute Gasteiger partial charge is 0.233 e. The summed E-state index contributed by atoms with van der Waals surface area (Å²) in [5.74, 6) is 0.576. The van der Waals surface area contributed by atoms with Gasteiger partial charge in [-0.15, -0.1) is 10.2 Å². The van der Waals surface area contributed by atoms with Crippen molar-refractivity contribution < 1.29 is 9.53 Å². The first-order chi connectivity index (χ1) is 14.2. The molecule has 2 fully saturated rings. The molecule has 0 saturated carbocycles. The summed E-state index contributed by atoms with van der Waals surface area (Å²) in [4.78, 5) is 19.1. The van der Waals surface area contributed by atoms with E-state index in [1.165, 1.54) is 17.3 Å². The van der Waals surface area contributed by atoms with Crippen LogP contribution in [0.4, 0.5) is 5.13 Å². The second-order valence-electron chi connectivity index (χ2n) is 7.03. The van der Waals surface area contributed by atoms with E-state index in [0.717, 1.165) is 73.5 Å². The van der Waals surface area contributed by atoms with Crippen molar-refractivity contribution in [3.8, 4) is 0 Å². The normalized spacial score (nSPS) is 18.2. The van der Waals surface area contributed by atoms with E-state index < -0.39 is 0 Å². The van der Waals surface area contributed by atoms with Crippen LogP contribution in [0.2, 0.25) is 5.02 Å². The number of anilines is 1. The van der Waals surface area contributed by atoms with Crippen LogP contribution in [0.25, 0.3) is 0 Å². The third-order valence-corrected chi connectivity index (χ3v) is 7.35. The molecular weight excluding hydrogens is 430 g/mol. The summed E-state index contributed by atoms with van der Waals surface area (Å²) in [6.07, 6.45) is 0. The number of piperazine rings is 1. The maximum absolute atomic E-state index is 12.6. The molecule has 3 heterocycles. The van der Waals surface area contributed by atoms with Crippen molar-refractivity contribution in [1.29, 1.82) is 0 Å². The first kappa shape index (κ1) is 20.9. The Bertz CT molecular complexity index is 822. The summed E-state index contributed by atoms with van der Waals surface area (Å²) >= 11 is 9.10. The average molecular weight is 454 g/mol. The number of carbonyl (C=O) groups excluding carboxylic acids is 1. The van der Waals surface area contributed by atoms with E-state index in [9.17, 15) is 4.79 Å². The number of carbonyl (C=O) groups is 1. The fraction of sp³-hybridized carbons (Fsp3) is 0.526. The van der Waals surface area contributed by atoms with E-state index in [2.05, 4.69) is 26.1 Å². The number of ether oxygens (including phenoxy) is 1. The van der Waals surface area contributed by atoms with Gasteiger partial charge in [0, 0.05) is 50.8 Å². The lowest BCUT2D eigenvalue weighted by Crippen LogP contribution is -2.48. The maximum Gasteiger partial charge on any atom is 0.233 e. The number of hydrogen-bond acceptors (Lipinski definition) is 8. The first-order valence-corrected chi connectivity index (χ1v) is 11.9. The van der Waals surface area contributed by atoms with Crippen LogP contribution in [0.15, 0.2) is 28.6 Å². The molecule has 2 aromatic rings. The van der Waals surface area contributed by atoms with Crippen molar-refractivity contribution in [2.45, 2.75) is 10.9 Å². The van der Waals surface area contributed by atoms with Crippen LogP contribution in [0.3, 0.4) is 0 Å². The Hall–Kier alpha value is -1.39. The number of benzene rings is 1. The molecule has 0 unspecified atom stereocenters. The minimum atomic E-state index is 0.167. The lowest BCUT2D eigenvalue weighted by atomic mass is 10.2. The molecule has 0 bridgehead atoms. The summed E-state index contributed by atoms with van der Waals surface area (Å²) in [5, 5.41) is 10.2. The molecule has 10 heteroatoms. The van der Waals surface area contributed by atoms with Crippen LogP contribution in [0, 0.1) is 0 Å². The van der Waals surface area contributed by atoms with Gasteiger partial charge in [-0.3, -0.25) is 9.69 Å². The molecular formula is C19H24ClN5O2S2. The lowest BCUT2D eigenvalue weighted by Gasteiger charge is -2.34. The van der Waals surface area contributed by atoms with Crippen LogP contribution in [-0.2, 0) is 16.1 Å². The van der Waals surface area contributed by atoms with E-state index in [0.29, 0.717) is 5.75 Å². The fourth-order valence-corrected chi connectivity index (χ4v) is 5.42. The van der Waals surface area contributed by atoms with Gasteiger partial charge in [0.15, 0.2) is 4.34 Å². The molecule has 2 aliphatic heterocycles. The van der Waals surface area contributed by atoms with Gasteiger partial charge in [0.25, 0.3) is 0 Å². The Morgan fingerprint density at radius 2 is 1.93 bits per heavy atom. The Kier molecular flexibility index (Phi) is 7.25. The standard InChI is InChI=1S/C19H24ClN5O2S2/c20-16-3-1-2-15(12-16)13-23-4-6-24(7-5-23)17(26)14-28-19-22-21-18(29-19)25-8-10-27-11-9-25/h1-3,12H,4-11,13-14H2. The summed E-state index contributed by atoms with van der Waals surface area (Å²) in [6, 6.07) is 7.96. The van der Waals surface area contributed by atoms with Crippen molar-refractivity contribution in [3.05, 3.63) is 34.9 Å². The molecule has 0 atom stereocenters. The average Bonchev–Trinajstić information content (AvgIpc) is 3.22. The predicted octanol–water partition coefficient (Wildman–Crippen LogP) is 2.46. The minimum absolute atomic E-state index is 0.167. The summed E-state index contributed by atoms with van der Waals surface area (Å²) in [5.41, 5.74) is 1.21. The molecule has 1 aromatic carbocycles. The van der Waals surface area contributed by atoms with Crippen molar-refractivity contribution in [2.75, 3.05) is 63.1 Å². The van der Waals surface area contributed by atoms with Gasteiger partial charge < -0.3 is 14.5 Å². The number of rotatable bonds is 6. The third-order valence-electron chi connectivity index (χ3n) is 5.02. The van der Waals surface area contributed by atoms with Gasteiger partial charge in [0.2, 0.25) is 11.0 Å². The van der Waals surface area contributed by atoms with Gasteiger partial charge in [0.1, 0.15) is 0 Å². The number of hydrogen-bond donors (Lipinski definition) is 0. The second kappa shape index (κ2) is 10.1. The van der Waals surface area contributed by atoms with E-state index in [1.807, 2.05) is 23.1 Å². The molecule has 1 aromatic heterocycles. The van der Waals surface area contributed by atoms with Gasteiger partial charge in [-0.1, -0.05) is 46.8 Å². The Labute approximate surface area is 184 Å². The van der Waals surface area contributed by atoms with E-state index in [1.54, 1.807) is 11.3 Å². The second-order valence-corrected chi connectivity index (χ2v) is 9.64. The molecule has 1 amide bonds. The van der Waals surface area contributed by atoms with Gasteiger partial charge in [-0.2, -0.15) is 0 Å². The third kappa shape index (κ3) is 5.82. The zero-order chi connectivity index (χ0) is 20.1. The molecule has 156 valence electrons. The quantitative estimate of drug-likeness (QED) is 0.622. The van der Waals surface area contributed by atoms with Gasteiger partial charge in [-0.25, -0.2) is 0 Å². The highest BCUT2D eigenvalue weighted by Gasteiger charge is 2.22. The number of morpholine rings is 1. The maximum atomic E-state index is 12.6. The first-order valence-electron chi connectivity index (χ1n) is 9.71. The monoisotopic (exact) mass is 453 g/mol. The predicted molar refractivity (Wildman–Crippen MR) is 117 cm³/mol. The van der Waals surface area contributed by atoms with Gasteiger partial charge >= 0.3 is 0 Å². The van der Waals surface area contributed by atoms with Crippen molar-refractivity contribution in [3.63, 3.8) is 0 Å². The van der Waals surface area contributed by atoms with Crippen molar-refractivity contribution in [1.82, 2.24) is 20.0 Å². The Balaban J connectivity index is 1.20. The molecule has 0 N–H and O–H groups in total.